The summed E-state index contributed by atoms with van der Waals surface area (Å²) in [6.07, 6.45) is 16.5. The van der Waals surface area contributed by atoms with Gasteiger partial charge in [0.1, 0.15) is 0 Å². The highest BCUT2D eigenvalue weighted by Gasteiger charge is 2.57. The lowest BCUT2D eigenvalue weighted by atomic mass is 9.47. The predicted octanol–water partition coefficient (Wildman–Crippen LogP) is 8.43. The normalized spacial score (nSPS) is 38.6. The second-order valence-corrected chi connectivity index (χ2v) is 18.3. The molecule has 3 unspecified atom stereocenters. The van der Waals surface area contributed by atoms with E-state index in [0.717, 1.165) is 17.8 Å². The molecule has 1 aromatic rings. The number of pyridine rings is 1. The van der Waals surface area contributed by atoms with Gasteiger partial charge in [-0.25, -0.2) is 0 Å². The topological polar surface area (TPSA) is 22.1 Å². The zero-order chi connectivity index (χ0) is 23.6. The molecule has 0 N–H and O–H groups in total. The Balaban J connectivity index is 1.36. The molecule has 180 valence electrons. The fraction of sp³-hybridized carbons (Fsp3) is 0.700. The van der Waals surface area contributed by atoms with Crippen molar-refractivity contribution in [1.29, 1.82) is 0 Å². The van der Waals surface area contributed by atoms with Crippen molar-refractivity contribution in [2.75, 3.05) is 0 Å². The first-order valence-electron chi connectivity index (χ1n) is 13.5. The average Bonchev–Trinajstić information content (AvgIpc) is 3.11. The summed E-state index contributed by atoms with van der Waals surface area (Å²) in [6.45, 7) is 17.1. The van der Waals surface area contributed by atoms with E-state index in [4.69, 9.17) is 9.41 Å². The molecular weight excluding hydrogens is 418 g/mol. The van der Waals surface area contributed by atoms with Gasteiger partial charge in [-0.1, -0.05) is 58.4 Å². The summed E-state index contributed by atoms with van der Waals surface area (Å²) in [7, 11) is -1.72. The van der Waals surface area contributed by atoms with Crippen LogP contribution in [0.3, 0.4) is 0 Å². The highest BCUT2D eigenvalue weighted by Crippen LogP contribution is 2.66. The van der Waals surface area contributed by atoms with E-state index in [9.17, 15) is 0 Å². The van der Waals surface area contributed by atoms with E-state index in [0.29, 0.717) is 16.9 Å². The number of aromatic nitrogens is 1. The molecule has 0 radical (unpaired) electrons. The third kappa shape index (κ3) is 3.73. The molecule has 5 rings (SSSR count). The fourth-order valence-electron chi connectivity index (χ4n) is 7.81. The summed E-state index contributed by atoms with van der Waals surface area (Å²) >= 11 is 0. The van der Waals surface area contributed by atoms with E-state index in [1.807, 2.05) is 12.3 Å². The predicted molar refractivity (Wildman–Crippen MR) is 141 cm³/mol. The minimum Gasteiger partial charge on any atom is -0.414 e. The first kappa shape index (κ1) is 23.5. The summed E-state index contributed by atoms with van der Waals surface area (Å²) in [4.78, 5) is 4.74. The second-order valence-electron chi connectivity index (χ2n) is 13.5. The van der Waals surface area contributed by atoms with Crippen LogP contribution in [0.2, 0.25) is 18.1 Å². The molecule has 0 aliphatic heterocycles. The number of hydrogen-bond acceptors (Lipinski definition) is 2. The molecule has 0 saturated heterocycles. The Morgan fingerprint density at radius 2 is 1.73 bits per heavy atom. The van der Waals surface area contributed by atoms with Crippen LogP contribution < -0.4 is 0 Å². The Bertz CT molecular complexity index is 957. The van der Waals surface area contributed by atoms with Crippen molar-refractivity contribution in [3.05, 3.63) is 47.8 Å². The van der Waals surface area contributed by atoms with Crippen molar-refractivity contribution < 1.29 is 4.43 Å². The molecule has 0 aromatic carbocycles. The number of rotatable bonds is 3. The Kier molecular flexibility index (Phi) is 5.65. The van der Waals surface area contributed by atoms with Crippen LogP contribution in [0.25, 0.3) is 5.57 Å². The van der Waals surface area contributed by atoms with Crippen LogP contribution in [0.1, 0.15) is 85.3 Å². The number of fused-ring (bicyclic) bond motifs is 5. The van der Waals surface area contributed by atoms with Crippen molar-refractivity contribution >= 4 is 13.9 Å². The van der Waals surface area contributed by atoms with Gasteiger partial charge in [0.05, 0.1) is 5.69 Å². The average molecular weight is 464 g/mol. The van der Waals surface area contributed by atoms with Gasteiger partial charge in [0.25, 0.3) is 0 Å². The van der Waals surface area contributed by atoms with Crippen LogP contribution in [-0.4, -0.2) is 19.4 Å². The van der Waals surface area contributed by atoms with Crippen LogP contribution in [0.15, 0.2) is 42.1 Å². The Morgan fingerprint density at radius 1 is 0.970 bits per heavy atom. The largest absolute Gasteiger partial charge is 0.414 e. The van der Waals surface area contributed by atoms with Gasteiger partial charge >= 0.3 is 0 Å². The van der Waals surface area contributed by atoms with Gasteiger partial charge < -0.3 is 4.43 Å². The maximum Gasteiger partial charge on any atom is 0.192 e. The van der Waals surface area contributed by atoms with Gasteiger partial charge in [0.2, 0.25) is 0 Å². The monoisotopic (exact) mass is 463 g/mol. The lowest BCUT2D eigenvalue weighted by Crippen LogP contribution is -2.51. The molecule has 4 aliphatic rings. The van der Waals surface area contributed by atoms with Gasteiger partial charge in [-0.3, -0.25) is 4.98 Å². The zero-order valence-electron chi connectivity index (χ0n) is 22.1. The quantitative estimate of drug-likeness (QED) is 0.331. The van der Waals surface area contributed by atoms with Crippen LogP contribution in [0, 0.1) is 28.6 Å². The van der Waals surface area contributed by atoms with Gasteiger partial charge in [-0.05, 0) is 109 Å². The summed E-state index contributed by atoms with van der Waals surface area (Å²) < 4.78 is 6.90. The van der Waals surface area contributed by atoms with Crippen LogP contribution >= 0.6 is 0 Å². The van der Waals surface area contributed by atoms with E-state index in [2.05, 4.69) is 72.0 Å². The molecule has 0 amide bonds. The number of nitrogens with zero attached hydrogens (tertiary/aromatic N) is 1. The second kappa shape index (κ2) is 7.91. The van der Waals surface area contributed by atoms with E-state index >= 15 is 0 Å². The van der Waals surface area contributed by atoms with Gasteiger partial charge in [0, 0.05) is 12.3 Å². The lowest BCUT2D eigenvalue weighted by Gasteiger charge is -2.58. The van der Waals surface area contributed by atoms with Crippen LogP contribution in [0.4, 0.5) is 0 Å². The van der Waals surface area contributed by atoms with E-state index in [1.54, 1.807) is 5.57 Å². The van der Waals surface area contributed by atoms with Crippen molar-refractivity contribution in [2.24, 2.45) is 28.6 Å². The first-order chi connectivity index (χ1) is 15.5. The highest BCUT2D eigenvalue weighted by molar-refractivity contribution is 6.74. The maximum absolute atomic E-state index is 6.90. The fourth-order valence-corrected chi connectivity index (χ4v) is 9.20. The summed E-state index contributed by atoms with van der Waals surface area (Å²) in [5.41, 5.74) is 5.14. The lowest BCUT2D eigenvalue weighted by molar-refractivity contribution is -0.0224. The molecule has 1 heterocycles. The molecule has 2 saturated carbocycles. The third-order valence-corrected chi connectivity index (χ3v) is 15.4. The molecular formula is C30H45NOSi. The molecule has 3 heteroatoms. The third-order valence-electron chi connectivity index (χ3n) is 10.8. The molecule has 4 aliphatic carbocycles. The highest BCUT2D eigenvalue weighted by atomic mass is 28.4. The molecule has 0 bridgehead atoms. The number of hydrogen-bond donors (Lipinski definition) is 0. The Labute approximate surface area is 203 Å². The summed E-state index contributed by atoms with van der Waals surface area (Å²) in [5.74, 6) is 2.41. The van der Waals surface area contributed by atoms with Crippen molar-refractivity contribution in [1.82, 2.24) is 4.98 Å². The van der Waals surface area contributed by atoms with Crippen molar-refractivity contribution in [3.63, 3.8) is 0 Å². The molecule has 33 heavy (non-hydrogen) atoms. The van der Waals surface area contributed by atoms with Crippen LogP contribution in [-0.2, 0) is 4.43 Å². The molecule has 1 aromatic heterocycles. The molecule has 2 nitrogen and oxygen atoms in total. The van der Waals surface area contributed by atoms with Crippen molar-refractivity contribution in [2.45, 2.75) is 104 Å². The molecule has 0 spiro atoms. The SMILES string of the molecule is CC(C)(C)[Si](C)(C)O[C@H]1CC[C@@]2(C)C(=CCC3C2CC[C@]2(C)C(c4ccccn4)=CCC32)C1. The Hall–Kier alpha value is -1.19. The van der Waals surface area contributed by atoms with Crippen LogP contribution in [0.5, 0.6) is 0 Å². The van der Waals surface area contributed by atoms with Gasteiger partial charge in [0.15, 0.2) is 8.32 Å². The zero-order valence-corrected chi connectivity index (χ0v) is 23.1. The maximum atomic E-state index is 6.90. The van der Waals surface area contributed by atoms with E-state index in [-0.39, 0.29) is 5.04 Å². The minimum absolute atomic E-state index is 0.286. The Morgan fingerprint density at radius 3 is 2.42 bits per heavy atom. The van der Waals surface area contributed by atoms with E-state index < -0.39 is 8.32 Å². The smallest absolute Gasteiger partial charge is 0.192 e. The summed E-state index contributed by atoms with van der Waals surface area (Å²) in [5, 5.41) is 0.286. The van der Waals surface area contributed by atoms with Gasteiger partial charge in [-0.2, -0.15) is 0 Å². The van der Waals surface area contributed by atoms with E-state index in [1.165, 1.54) is 56.2 Å². The minimum atomic E-state index is -1.72. The van der Waals surface area contributed by atoms with Gasteiger partial charge in [-0.15, -0.1) is 0 Å². The first-order valence-corrected chi connectivity index (χ1v) is 16.4. The number of allylic oxidation sites excluding steroid dienone is 3. The standard InChI is InChI=1S/C30H45NOSi/c1-28(2,3)33(6,7)32-22-15-17-29(4)21(20-22)11-12-23-24-13-14-26(27-10-8-9-19-31-27)30(24,5)18-16-25(23)29/h8-11,14,19,22-25H,12-13,15-18,20H2,1-7H3/t22-,23?,24?,25?,29-,30-/m0/s1. The molecule has 2 fully saturated rings. The van der Waals surface area contributed by atoms with Crippen molar-refractivity contribution in [3.8, 4) is 0 Å². The summed E-state index contributed by atoms with van der Waals surface area (Å²) in [6, 6.07) is 6.40. The molecule has 6 atom stereocenters.